The highest BCUT2D eigenvalue weighted by atomic mass is 79.9. The molecular weight excluding hydrogens is 332 g/mol. The summed E-state index contributed by atoms with van der Waals surface area (Å²) in [5, 5.41) is 7.41. The quantitative estimate of drug-likeness (QED) is 0.772. The van der Waals surface area contributed by atoms with E-state index >= 15 is 0 Å². The molecule has 3 heterocycles. The van der Waals surface area contributed by atoms with Crippen LogP contribution in [0.25, 0.3) is 11.5 Å². The SMILES string of the molecule is Brc1cccnc1-c1noc(C2CNc3ccccc32)n1. The van der Waals surface area contributed by atoms with E-state index in [-0.39, 0.29) is 5.92 Å². The molecule has 1 N–H and O–H groups in total. The van der Waals surface area contributed by atoms with Crippen LogP contribution in [-0.4, -0.2) is 21.7 Å². The Morgan fingerprint density at radius 2 is 2.10 bits per heavy atom. The molecule has 21 heavy (non-hydrogen) atoms. The Kier molecular flexibility index (Phi) is 2.96. The van der Waals surface area contributed by atoms with Gasteiger partial charge >= 0.3 is 0 Å². The number of rotatable bonds is 2. The molecule has 4 rings (SSSR count). The summed E-state index contributed by atoms with van der Waals surface area (Å²) in [6.07, 6.45) is 1.71. The normalized spacial score (nSPS) is 16.5. The molecule has 0 amide bonds. The van der Waals surface area contributed by atoms with Gasteiger partial charge in [-0.3, -0.25) is 4.98 Å². The zero-order chi connectivity index (χ0) is 14.2. The zero-order valence-electron chi connectivity index (χ0n) is 11.0. The van der Waals surface area contributed by atoms with Crippen molar-refractivity contribution in [3.63, 3.8) is 0 Å². The molecule has 1 aliphatic rings. The summed E-state index contributed by atoms with van der Waals surface area (Å²) in [6.45, 7) is 0.768. The maximum atomic E-state index is 5.45. The van der Waals surface area contributed by atoms with E-state index in [9.17, 15) is 0 Å². The molecule has 1 unspecified atom stereocenters. The molecule has 0 saturated carbocycles. The van der Waals surface area contributed by atoms with Gasteiger partial charge in [-0.2, -0.15) is 4.98 Å². The van der Waals surface area contributed by atoms with Gasteiger partial charge in [0.1, 0.15) is 5.69 Å². The van der Waals surface area contributed by atoms with Gasteiger partial charge in [0.2, 0.25) is 11.7 Å². The maximum Gasteiger partial charge on any atom is 0.236 e. The second kappa shape index (κ2) is 4.96. The molecule has 1 aliphatic heterocycles. The average Bonchev–Trinajstić information content (AvgIpc) is 3.14. The van der Waals surface area contributed by atoms with Gasteiger partial charge in [-0.15, -0.1) is 0 Å². The number of benzene rings is 1. The Hall–Kier alpha value is -2.21. The molecule has 0 spiro atoms. The van der Waals surface area contributed by atoms with Crippen LogP contribution in [0.3, 0.4) is 0 Å². The molecule has 0 saturated heterocycles. The molecule has 1 atom stereocenters. The minimum atomic E-state index is 0.0879. The molecular formula is C15H11BrN4O. The van der Waals surface area contributed by atoms with E-state index in [2.05, 4.69) is 48.5 Å². The number of anilines is 1. The largest absolute Gasteiger partial charge is 0.384 e. The van der Waals surface area contributed by atoms with E-state index < -0.39 is 0 Å². The van der Waals surface area contributed by atoms with E-state index in [1.165, 1.54) is 5.56 Å². The highest BCUT2D eigenvalue weighted by Crippen LogP contribution is 2.35. The lowest BCUT2D eigenvalue weighted by Gasteiger charge is -2.03. The lowest BCUT2D eigenvalue weighted by Crippen LogP contribution is -2.04. The van der Waals surface area contributed by atoms with Crippen LogP contribution >= 0.6 is 15.9 Å². The molecule has 0 radical (unpaired) electrons. The molecule has 2 aromatic heterocycles. The number of hydrogen-bond donors (Lipinski definition) is 1. The first-order valence-corrected chi connectivity index (χ1v) is 7.39. The van der Waals surface area contributed by atoms with Crippen LogP contribution in [0.2, 0.25) is 0 Å². The monoisotopic (exact) mass is 342 g/mol. The predicted molar refractivity (Wildman–Crippen MR) is 82.0 cm³/mol. The van der Waals surface area contributed by atoms with Gasteiger partial charge in [0.05, 0.1) is 5.92 Å². The van der Waals surface area contributed by atoms with Gasteiger partial charge in [0.15, 0.2) is 0 Å². The Labute approximate surface area is 129 Å². The first-order valence-electron chi connectivity index (χ1n) is 6.60. The molecule has 0 aliphatic carbocycles. The van der Waals surface area contributed by atoms with Gasteiger partial charge in [0.25, 0.3) is 0 Å². The summed E-state index contributed by atoms with van der Waals surface area (Å²) in [6, 6.07) is 11.9. The van der Waals surface area contributed by atoms with Gasteiger partial charge < -0.3 is 9.84 Å². The number of para-hydroxylation sites is 1. The first-order chi connectivity index (χ1) is 10.3. The van der Waals surface area contributed by atoms with Crippen LogP contribution in [0.5, 0.6) is 0 Å². The van der Waals surface area contributed by atoms with Crippen molar-refractivity contribution < 1.29 is 4.52 Å². The topological polar surface area (TPSA) is 63.8 Å². The standard InChI is InChI=1S/C15H11BrN4O/c16-11-5-3-7-17-13(11)14-19-15(21-20-14)10-8-18-12-6-2-1-4-9(10)12/h1-7,10,18H,8H2. The first kappa shape index (κ1) is 12.5. The number of nitrogens with zero attached hydrogens (tertiary/aromatic N) is 3. The molecule has 5 nitrogen and oxygen atoms in total. The lowest BCUT2D eigenvalue weighted by atomic mass is 10.0. The van der Waals surface area contributed by atoms with E-state index in [1.54, 1.807) is 6.20 Å². The molecule has 6 heteroatoms. The summed E-state index contributed by atoms with van der Waals surface area (Å²) < 4.78 is 6.30. The zero-order valence-corrected chi connectivity index (χ0v) is 12.5. The average molecular weight is 343 g/mol. The van der Waals surface area contributed by atoms with Crippen LogP contribution in [-0.2, 0) is 0 Å². The number of aromatic nitrogens is 3. The Morgan fingerprint density at radius 1 is 1.19 bits per heavy atom. The van der Waals surface area contributed by atoms with Crippen LogP contribution < -0.4 is 5.32 Å². The third-order valence-corrected chi connectivity index (χ3v) is 4.18. The molecule has 0 bridgehead atoms. The maximum absolute atomic E-state index is 5.45. The van der Waals surface area contributed by atoms with Gasteiger partial charge in [-0.1, -0.05) is 23.4 Å². The highest BCUT2D eigenvalue weighted by molar-refractivity contribution is 9.10. The van der Waals surface area contributed by atoms with Crippen molar-refractivity contribution in [2.75, 3.05) is 11.9 Å². The number of pyridine rings is 1. The van der Waals surface area contributed by atoms with E-state index in [4.69, 9.17) is 4.52 Å². The fourth-order valence-electron chi connectivity index (χ4n) is 2.53. The summed E-state index contributed by atoms with van der Waals surface area (Å²) >= 11 is 3.46. The highest BCUT2D eigenvalue weighted by Gasteiger charge is 2.28. The Bertz CT molecular complexity index is 802. The van der Waals surface area contributed by atoms with Crippen molar-refractivity contribution in [2.24, 2.45) is 0 Å². The van der Waals surface area contributed by atoms with Crippen molar-refractivity contribution in [1.82, 2.24) is 15.1 Å². The number of fused-ring (bicyclic) bond motifs is 1. The summed E-state index contributed by atoms with van der Waals surface area (Å²) in [5.74, 6) is 1.20. The summed E-state index contributed by atoms with van der Waals surface area (Å²) in [5.41, 5.74) is 3.00. The minimum absolute atomic E-state index is 0.0879. The van der Waals surface area contributed by atoms with E-state index in [0.717, 1.165) is 16.7 Å². The van der Waals surface area contributed by atoms with E-state index in [0.29, 0.717) is 17.4 Å². The van der Waals surface area contributed by atoms with E-state index in [1.807, 2.05) is 24.3 Å². The van der Waals surface area contributed by atoms with Crippen molar-refractivity contribution in [3.05, 3.63) is 58.5 Å². The van der Waals surface area contributed by atoms with Gasteiger partial charge in [-0.25, -0.2) is 0 Å². The van der Waals surface area contributed by atoms with Gasteiger partial charge in [0, 0.05) is 22.9 Å². The summed E-state index contributed by atoms with van der Waals surface area (Å²) in [7, 11) is 0. The second-order valence-corrected chi connectivity index (χ2v) is 5.67. The van der Waals surface area contributed by atoms with Crippen LogP contribution in [0.4, 0.5) is 5.69 Å². The molecule has 1 aromatic carbocycles. The number of halogens is 1. The Morgan fingerprint density at radius 3 is 3.00 bits per heavy atom. The van der Waals surface area contributed by atoms with Crippen molar-refractivity contribution in [1.29, 1.82) is 0 Å². The van der Waals surface area contributed by atoms with Crippen molar-refractivity contribution in [2.45, 2.75) is 5.92 Å². The molecule has 3 aromatic rings. The fourth-order valence-corrected chi connectivity index (χ4v) is 2.96. The smallest absolute Gasteiger partial charge is 0.236 e. The van der Waals surface area contributed by atoms with Crippen LogP contribution in [0.15, 0.2) is 51.6 Å². The molecule has 104 valence electrons. The van der Waals surface area contributed by atoms with Crippen molar-refractivity contribution in [3.8, 4) is 11.5 Å². The van der Waals surface area contributed by atoms with Crippen LogP contribution in [0.1, 0.15) is 17.4 Å². The third kappa shape index (κ3) is 2.12. The lowest BCUT2D eigenvalue weighted by molar-refractivity contribution is 0.370. The number of hydrogen-bond acceptors (Lipinski definition) is 5. The Balaban J connectivity index is 1.72. The molecule has 0 fully saturated rings. The third-order valence-electron chi connectivity index (χ3n) is 3.54. The van der Waals surface area contributed by atoms with Crippen LogP contribution in [0, 0.1) is 0 Å². The summed E-state index contributed by atoms with van der Waals surface area (Å²) in [4.78, 5) is 8.80. The minimum Gasteiger partial charge on any atom is -0.384 e. The number of nitrogens with one attached hydrogen (secondary N) is 1. The van der Waals surface area contributed by atoms with Crippen molar-refractivity contribution >= 4 is 21.6 Å². The fraction of sp³-hybridized carbons (Fsp3) is 0.133. The predicted octanol–water partition coefficient (Wildman–Crippen LogP) is 3.45. The second-order valence-electron chi connectivity index (χ2n) is 4.81. The van der Waals surface area contributed by atoms with Gasteiger partial charge in [-0.05, 0) is 39.7 Å².